The molecule has 0 amide bonds. The van der Waals surface area contributed by atoms with Gasteiger partial charge in [0.15, 0.2) is 0 Å². The summed E-state index contributed by atoms with van der Waals surface area (Å²) in [6, 6.07) is 14.8. The quantitative estimate of drug-likeness (QED) is 0.153. The number of ether oxygens (including phenoxy) is 4. The minimum atomic E-state index is -0.942. The van der Waals surface area contributed by atoms with Crippen molar-refractivity contribution in [2.75, 3.05) is 0 Å². The average molecular weight is 607 g/mol. The average Bonchev–Trinajstić information content (AvgIpc) is 3.42. The maximum absolute atomic E-state index is 12.8. The molecule has 1 saturated heterocycles. The summed E-state index contributed by atoms with van der Waals surface area (Å²) < 4.78 is 20.2. The summed E-state index contributed by atoms with van der Waals surface area (Å²) >= 11 is 0. The second-order valence-electron chi connectivity index (χ2n) is 10.9. The lowest BCUT2D eigenvalue weighted by Crippen LogP contribution is -2.20. The van der Waals surface area contributed by atoms with Crippen LogP contribution >= 0.6 is 0 Å². The smallest absolute Gasteiger partial charge is 0.347 e. The van der Waals surface area contributed by atoms with E-state index in [0.29, 0.717) is 16.9 Å². The lowest BCUT2D eigenvalue weighted by atomic mass is 9.77. The first-order valence-corrected chi connectivity index (χ1v) is 13.7. The molecule has 1 fully saturated rings. The SMILES string of the molecule is C=C/C=C1/C(=O)OC(=O)/C1=C/C(=O)Oc1ccc(C(C)(C)c2ccc(OC(=O)c3ccc4c(c3)C(=O)OC4=O)c(C)c2)cc1C. The van der Waals surface area contributed by atoms with Crippen LogP contribution in [0.1, 0.15) is 67.2 Å². The molecule has 5 rings (SSSR count). The van der Waals surface area contributed by atoms with Crippen LogP contribution in [0.4, 0.5) is 0 Å². The summed E-state index contributed by atoms with van der Waals surface area (Å²) in [6.45, 7) is 11.1. The van der Waals surface area contributed by atoms with Crippen molar-refractivity contribution in [1.29, 1.82) is 0 Å². The molecule has 0 atom stereocenters. The molecule has 3 aromatic rings. The van der Waals surface area contributed by atoms with E-state index in [-0.39, 0.29) is 33.6 Å². The highest BCUT2D eigenvalue weighted by molar-refractivity contribution is 6.20. The van der Waals surface area contributed by atoms with Crippen LogP contribution in [0.15, 0.2) is 90.6 Å². The van der Waals surface area contributed by atoms with E-state index < -0.39 is 41.2 Å². The van der Waals surface area contributed by atoms with Gasteiger partial charge >= 0.3 is 35.8 Å². The van der Waals surface area contributed by atoms with Crippen LogP contribution in [0.5, 0.6) is 11.5 Å². The predicted octanol–water partition coefficient (Wildman–Crippen LogP) is 5.19. The third-order valence-corrected chi connectivity index (χ3v) is 7.55. The Labute approximate surface area is 257 Å². The maximum Gasteiger partial charge on any atom is 0.347 e. The molecule has 0 saturated carbocycles. The Hall–Kier alpha value is -5.90. The largest absolute Gasteiger partial charge is 0.423 e. The molecule has 3 aromatic carbocycles. The molecule has 2 heterocycles. The standard InChI is InChI=1S/C35H26O10/c1-6-7-23-26(34(41)44-31(23)38)17-29(36)42-27-12-9-21(14-18(27)2)35(4,5)22-10-13-28(19(3)15-22)43-30(37)20-8-11-24-25(16-20)33(40)45-32(24)39/h6-17H,1H2,2-5H3/b23-7+,26-17+. The van der Waals surface area contributed by atoms with Crippen LogP contribution in [0.3, 0.4) is 0 Å². The van der Waals surface area contributed by atoms with Crippen LogP contribution in [-0.2, 0) is 29.3 Å². The summed E-state index contributed by atoms with van der Waals surface area (Å²) in [7, 11) is 0. The molecule has 0 aromatic heterocycles. The molecule has 2 aliphatic rings. The van der Waals surface area contributed by atoms with E-state index in [9.17, 15) is 28.8 Å². The topological polar surface area (TPSA) is 139 Å². The first-order valence-electron chi connectivity index (χ1n) is 13.7. The van der Waals surface area contributed by atoms with E-state index in [0.717, 1.165) is 17.2 Å². The van der Waals surface area contributed by atoms with Gasteiger partial charge in [-0.3, -0.25) is 0 Å². The van der Waals surface area contributed by atoms with Gasteiger partial charge in [-0.25, -0.2) is 28.8 Å². The van der Waals surface area contributed by atoms with Crippen LogP contribution in [0.25, 0.3) is 0 Å². The number of carbonyl (C=O) groups excluding carboxylic acids is 6. The molecule has 0 bridgehead atoms. The van der Waals surface area contributed by atoms with Gasteiger partial charge in [-0.1, -0.05) is 50.8 Å². The van der Waals surface area contributed by atoms with Crippen molar-refractivity contribution in [2.24, 2.45) is 0 Å². The summed E-state index contributed by atoms with van der Waals surface area (Å²) in [4.78, 5) is 72.8. The second-order valence-corrected chi connectivity index (χ2v) is 10.9. The first-order chi connectivity index (χ1) is 21.3. The second kappa shape index (κ2) is 11.6. The molecular weight excluding hydrogens is 580 g/mol. The van der Waals surface area contributed by atoms with Gasteiger partial charge < -0.3 is 18.9 Å². The van der Waals surface area contributed by atoms with Gasteiger partial charge in [-0.2, -0.15) is 0 Å². The molecule has 0 N–H and O–H groups in total. The number of esters is 6. The van der Waals surface area contributed by atoms with Gasteiger partial charge in [-0.05, 0) is 72.5 Å². The highest BCUT2D eigenvalue weighted by Gasteiger charge is 2.34. The zero-order valence-corrected chi connectivity index (χ0v) is 24.7. The Bertz CT molecular complexity index is 1920. The number of allylic oxidation sites excluding steroid dienone is 2. The highest BCUT2D eigenvalue weighted by Crippen LogP contribution is 2.36. The molecule has 0 unspecified atom stereocenters. The number of cyclic esters (lactones) is 4. The molecule has 226 valence electrons. The van der Waals surface area contributed by atoms with E-state index in [4.69, 9.17) is 9.47 Å². The Morgan fingerprint density at radius 2 is 1.27 bits per heavy atom. The minimum absolute atomic E-state index is 0.0150. The van der Waals surface area contributed by atoms with Crippen molar-refractivity contribution in [3.8, 4) is 11.5 Å². The number of rotatable bonds is 7. The van der Waals surface area contributed by atoms with E-state index in [1.165, 1.54) is 30.4 Å². The zero-order valence-electron chi connectivity index (χ0n) is 24.7. The number of carbonyl (C=O) groups is 6. The molecule has 10 heteroatoms. The Balaban J connectivity index is 1.31. The van der Waals surface area contributed by atoms with Crippen LogP contribution in [0.2, 0.25) is 0 Å². The number of hydrogen-bond acceptors (Lipinski definition) is 10. The first kappa shape index (κ1) is 30.6. The number of fused-ring (bicyclic) bond motifs is 1. The fourth-order valence-corrected chi connectivity index (χ4v) is 4.93. The maximum atomic E-state index is 12.8. The van der Waals surface area contributed by atoms with Gasteiger partial charge in [0.25, 0.3) is 0 Å². The number of benzene rings is 3. The van der Waals surface area contributed by atoms with Crippen molar-refractivity contribution in [2.45, 2.75) is 33.1 Å². The fraction of sp³-hybridized carbons (Fsp3) is 0.143. The van der Waals surface area contributed by atoms with Crippen LogP contribution in [-0.4, -0.2) is 35.8 Å². The molecule has 45 heavy (non-hydrogen) atoms. The summed E-state index contributed by atoms with van der Waals surface area (Å²) in [5.41, 5.74) is 2.57. The molecule has 10 nitrogen and oxygen atoms in total. The monoisotopic (exact) mass is 606 g/mol. The predicted molar refractivity (Wildman–Crippen MR) is 159 cm³/mol. The van der Waals surface area contributed by atoms with Crippen molar-refractivity contribution in [3.05, 3.63) is 129 Å². The van der Waals surface area contributed by atoms with E-state index in [1.807, 2.05) is 38.1 Å². The third kappa shape index (κ3) is 5.85. The highest BCUT2D eigenvalue weighted by atomic mass is 16.6. The summed E-state index contributed by atoms with van der Waals surface area (Å²) in [5, 5.41) is 0. The molecular formula is C35H26O10. The van der Waals surface area contributed by atoms with Gasteiger partial charge in [-0.15, -0.1) is 0 Å². The van der Waals surface area contributed by atoms with E-state index >= 15 is 0 Å². The molecule has 2 aliphatic heterocycles. The van der Waals surface area contributed by atoms with Gasteiger partial charge in [0.2, 0.25) is 0 Å². The van der Waals surface area contributed by atoms with Crippen molar-refractivity contribution >= 4 is 35.8 Å². The third-order valence-electron chi connectivity index (χ3n) is 7.55. The lowest BCUT2D eigenvalue weighted by Gasteiger charge is -2.27. The van der Waals surface area contributed by atoms with Gasteiger partial charge in [0.1, 0.15) is 11.5 Å². The van der Waals surface area contributed by atoms with Crippen molar-refractivity contribution in [1.82, 2.24) is 0 Å². The molecule has 0 aliphatic carbocycles. The van der Waals surface area contributed by atoms with Gasteiger partial charge in [0.05, 0.1) is 27.8 Å². The van der Waals surface area contributed by atoms with Crippen molar-refractivity contribution in [3.63, 3.8) is 0 Å². The lowest BCUT2D eigenvalue weighted by molar-refractivity contribution is -0.150. The van der Waals surface area contributed by atoms with Crippen LogP contribution in [0, 0.1) is 13.8 Å². The Kier molecular flexibility index (Phi) is 7.91. The van der Waals surface area contributed by atoms with Crippen LogP contribution < -0.4 is 9.47 Å². The van der Waals surface area contributed by atoms with E-state index in [1.54, 1.807) is 26.0 Å². The van der Waals surface area contributed by atoms with E-state index in [2.05, 4.69) is 16.1 Å². The Morgan fingerprint density at radius 3 is 1.87 bits per heavy atom. The fourth-order valence-electron chi connectivity index (χ4n) is 4.93. The minimum Gasteiger partial charge on any atom is -0.423 e. The van der Waals surface area contributed by atoms with Crippen molar-refractivity contribution < 1.29 is 47.7 Å². The molecule has 0 radical (unpaired) electrons. The summed E-state index contributed by atoms with van der Waals surface area (Å²) in [5.74, 6) is -4.33. The van der Waals surface area contributed by atoms with Gasteiger partial charge in [0, 0.05) is 11.5 Å². The molecule has 0 spiro atoms. The summed E-state index contributed by atoms with van der Waals surface area (Å²) in [6.07, 6.45) is 3.50. The normalized spacial score (nSPS) is 16.0. The zero-order chi connectivity index (χ0) is 32.6. The number of aryl methyl sites for hydroxylation is 2. The number of hydrogen-bond donors (Lipinski definition) is 0. The Morgan fingerprint density at radius 1 is 0.711 bits per heavy atom.